The van der Waals surface area contributed by atoms with Gasteiger partial charge in [0.1, 0.15) is 12.4 Å². The lowest BCUT2D eigenvalue weighted by Crippen LogP contribution is -2.53. The topological polar surface area (TPSA) is 45.2 Å². The number of benzene rings is 1. The fraction of sp³-hybridized carbons (Fsp3) is 0.650. The Hall–Kier alpha value is -1.63. The van der Waals surface area contributed by atoms with Crippen molar-refractivity contribution in [3.8, 4) is 5.75 Å². The molecule has 1 aromatic carbocycles. The van der Waals surface area contributed by atoms with Gasteiger partial charge in [0.15, 0.2) is 0 Å². The van der Waals surface area contributed by atoms with E-state index < -0.39 is 0 Å². The summed E-state index contributed by atoms with van der Waals surface area (Å²) in [7, 11) is 0. The van der Waals surface area contributed by atoms with Crippen molar-refractivity contribution in [3.05, 3.63) is 24.3 Å². The zero-order valence-corrected chi connectivity index (χ0v) is 15.4. The number of piperidine rings is 1. The van der Waals surface area contributed by atoms with Gasteiger partial charge in [0.25, 0.3) is 0 Å². The molecule has 0 radical (unpaired) electrons. The molecule has 1 amide bonds. The summed E-state index contributed by atoms with van der Waals surface area (Å²) < 4.78 is 11.2. The molecule has 0 saturated carbocycles. The molecule has 2 saturated heterocycles. The van der Waals surface area contributed by atoms with Crippen molar-refractivity contribution in [1.29, 1.82) is 0 Å². The maximum Gasteiger partial charge on any atom is 0.241 e. The van der Waals surface area contributed by atoms with Gasteiger partial charge in [0.05, 0.1) is 32.0 Å². The van der Waals surface area contributed by atoms with Crippen LogP contribution in [0.3, 0.4) is 0 Å². The van der Waals surface area contributed by atoms with Crippen LogP contribution < -0.4 is 9.64 Å². The van der Waals surface area contributed by atoms with E-state index in [4.69, 9.17) is 9.47 Å². The molecule has 4 rings (SSSR count). The highest BCUT2D eigenvalue weighted by molar-refractivity contribution is 5.96. The Kier molecular flexibility index (Phi) is 5.72. The van der Waals surface area contributed by atoms with E-state index in [0.717, 1.165) is 50.8 Å². The van der Waals surface area contributed by atoms with E-state index in [2.05, 4.69) is 9.80 Å². The van der Waals surface area contributed by atoms with Crippen LogP contribution in [0.4, 0.5) is 5.69 Å². The molecule has 0 aliphatic carbocycles. The second-order valence-electron chi connectivity index (χ2n) is 7.39. The van der Waals surface area contributed by atoms with Gasteiger partial charge in [-0.2, -0.15) is 0 Å². The predicted molar refractivity (Wildman–Crippen MR) is 101 cm³/mol. The Labute approximate surface area is 155 Å². The van der Waals surface area contributed by atoms with Crippen molar-refractivity contribution in [2.24, 2.45) is 0 Å². The number of carbonyl (C=O) groups is 1. The molecule has 2 fully saturated rings. The molecule has 142 valence electrons. The summed E-state index contributed by atoms with van der Waals surface area (Å²) in [6.07, 6.45) is 3.64. The molecule has 3 heterocycles. The zero-order valence-electron chi connectivity index (χ0n) is 15.4. The van der Waals surface area contributed by atoms with Crippen LogP contribution in [0.25, 0.3) is 0 Å². The van der Waals surface area contributed by atoms with Crippen LogP contribution in [0.5, 0.6) is 5.75 Å². The number of hydrogen-bond acceptors (Lipinski definition) is 5. The predicted octanol–water partition coefficient (Wildman–Crippen LogP) is 1.60. The number of nitrogens with zero attached hydrogens (tertiary/aromatic N) is 3. The highest BCUT2D eigenvalue weighted by Crippen LogP contribution is 2.31. The van der Waals surface area contributed by atoms with Crippen LogP contribution in [-0.4, -0.2) is 80.8 Å². The Morgan fingerprint density at radius 3 is 2.77 bits per heavy atom. The van der Waals surface area contributed by atoms with Crippen LogP contribution in [0.15, 0.2) is 24.3 Å². The Morgan fingerprint density at radius 1 is 1.04 bits per heavy atom. The molecule has 3 aliphatic rings. The number of morpholine rings is 1. The van der Waals surface area contributed by atoms with Crippen LogP contribution in [-0.2, 0) is 9.53 Å². The molecular formula is C20H29N3O3. The molecule has 6 heteroatoms. The SMILES string of the molecule is O=C(CN1CCCC[C@@H]1CN1CCOCC1)N1CCOc2ccccc21. The molecule has 0 spiro atoms. The van der Waals surface area contributed by atoms with E-state index in [1.54, 1.807) is 0 Å². The van der Waals surface area contributed by atoms with Crippen molar-refractivity contribution in [2.75, 3.05) is 64.0 Å². The van der Waals surface area contributed by atoms with Gasteiger partial charge < -0.3 is 14.4 Å². The normalized spacial score (nSPS) is 24.8. The molecular weight excluding hydrogens is 330 g/mol. The monoisotopic (exact) mass is 359 g/mol. The third-order valence-corrected chi connectivity index (χ3v) is 5.69. The maximum absolute atomic E-state index is 13.1. The molecule has 3 aliphatic heterocycles. The quantitative estimate of drug-likeness (QED) is 0.817. The first-order valence-corrected chi connectivity index (χ1v) is 9.87. The Morgan fingerprint density at radius 2 is 1.88 bits per heavy atom. The molecule has 0 unspecified atom stereocenters. The number of carbonyl (C=O) groups excluding carboxylic acids is 1. The first kappa shape index (κ1) is 17.8. The Bertz CT molecular complexity index is 618. The number of para-hydroxylation sites is 2. The first-order chi connectivity index (χ1) is 12.8. The van der Waals surface area contributed by atoms with Crippen LogP contribution in [0.2, 0.25) is 0 Å². The van der Waals surface area contributed by atoms with Crippen LogP contribution in [0.1, 0.15) is 19.3 Å². The number of likely N-dealkylation sites (tertiary alicyclic amines) is 1. The van der Waals surface area contributed by atoms with E-state index in [9.17, 15) is 4.79 Å². The summed E-state index contributed by atoms with van der Waals surface area (Å²) >= 11 is 0. The summed E-state index contributed by atoms with van der Waals surface area (Å²) in [4.78, 5) is 19.9. The average Bonchev–Trinajstić information content (AvgIpc) is 2.70. The van der Waals surface area contributed by atoms with Crippen molar-refractivity contribution >= 4 is 11.6 Å². The van der Waals surface area contributed by atoms with E-state index in [1.807, 2.05) is 29.2 Å². The Balaban J connectivity index is 1.40. The molecule has 0 N–H and O–H groups in total. The minimum absolute atomic E-state index is 0.189. The molecule has 26 heavy (non-hydrogen) atoms. The minimum atomic E-state index is 0.189. The zero-order chi connectivity index (χ0) is 17.8. The van der Waals surface area contributed by atoms with Crippen molar-refractivity contribution < 1.29 is 14.3 Å². The number of anilines is 1. The largest absolute Gasteiger partial charge is 0.490 e. The summed E-state index contributed by atoms with van der Waals surface area (Å²) in [5, 5.41) is 0. The summed E-state index contributed by atoms with van der Waals surface area (Å²) in [5.74, 6) is 1.00. The standard InChI is InChI=1S/C20H29N3O3/c24-20(23-11-14-26-19-7-2-1-6-18(19)23)16-22-8-4-3-5-17(22)15-21-9-12-25-13-10-21/h1-2,6-7,17H,3-5,8-16H2/t17-/m1/s1. The van der Waals surface area contributed by atoms with Gasteiger partial charge >= 0.3 is 0 Å². The van der Waals surface area contributed by atoms with E-state index >= 15 is 0 Å². The van der Waals surface area contributed by atoms with E-state index in [1.165, 1.54) is 19.3 Å². The smallest absolute Gasteiger partial charge is 0.241 e. The highest BCUT2D eigenvalue weighted by Gasteiger charge is 2.30. The highest BCUT2D eigenvalue weighted by atomic mass is 16.5. The molecule has 0 aromatic heterocycles. The average molecular weight is 359 g/mol. The number of ether oxygens (including phenoxy) is 2. The fourth-order valence-corrected chi connectivity index (χ4v) is 4.24. The fourth-order valence-electron chi connectivity index (χ4n) is 4.24. The third kappa shape index (κ3) is 4.03. The summed E-state index contributed by atoms with van der Waals surface area (Å²) in [6.45, 7) is 7.46. The lowest BCUT2D eigenvalue weighted by atomic mass is 10.0. The first-order valence-electron chi connectivity index (χ1n) is 9.87. The number of hydrogen-bond donors (Lipinski definition) is 0. The number of fused-ring (bicyclic) bond motifs is 1. The van der Waals surface area contributed by atoms with Gasteiger partial charge in [-0.15, -0.1) is 0 Å². The lowest BCUT2D eigenvalue weighted by molar-refractivity contribution is -0.121. The van der Waals surface area contributed by atoms with Crippen molar-refractivity contribution in [2.45, 2.75) is 25.3 Å². The maximum atomic E-state index is 13.1. The van der Waals surface area contributed by atoms with Gasteiger partial charge in [0, 0.05) is 25.7 Å². The summed E-state index contributed by atoms with van der Waals surface area (Å²) in [5.41, 5.74) is 0.908. The number of amides is 1. The second kappa shape index (κ2) is 8.37. The van der Waals surface area contributed by atoms with Gasteiger partial charge in [-0.1, -0.05) is 18.6 Å². The van der Waals surface area contributed by atoms with E-state index in [0.29, 0.717) is 25.7 Å². The van der Waals surface area contributed by atoms with Crippen molar-refractivity contribution in [3.63, 3.8) is 0 Å². The third-order valence-electron chi connectivity index (χ3n) is 5.69. The van der Waals surface area contributed by atoms with Crippen molar-refractivity contribution in [1.82, 2.24) is 9.80 Å². The molecule has 1 aromatic rings. The van der Waals surface area contributed by atoms with Gasteiger partial charge in [0.2, 0.25) is 5.91 Å². The molecule has 0 bridgehead atoms. The lowest BCUT2D eigenvalue weighted by Gasteiger charge is -2.40. The van der Waals surface area contributed by atoms with Gasteiger partial charge in [-0.25, -0.2) is 0 Å². The van der Waals surface area contributed by atoms with Crippen LogP contribution >= 0.6 is 0 Å². The minimum Gasteiger partial charge on any atom is -0.490 e. The molecule has 6 nitrogen and oxygen atoms in total. The van der Waals surface area contributed by atoms with Crippen LogP contribution in [0, 0.1) is 0 Å². The van der Waals surface area contributed by atoms with Gasteiger partial charge in [-0.05, 0) is 31.5 Å². The van der Waals surface area contributed by atoms with Gasteiger partial charge in [-0.3, -0.25) is 14.6 Å². The summed E-state index contributed by atoms with van der Waals surface area (Å²) in [6, 6.07) is 8.32. The van der Waals surface area contributed by atoms with E-state index in [-0.39, 0.29) is 5.91 Å². The molecule has 1 atom stereocenters. The second-order valence-corrected chi connectivity index (χ2v) is 7.39. The number of rotatable bonds is 4.